The molecule has 0 radical (unpaired) electrons. The second-order valence-corrected chi connectivity index (χ2v) is 5.54. The first-order valence-corrected chi connectivity index (χ1v) is 7.78. The van der Waals surface area contributed by atoms with Gasteiger partial charge in [0, 0.05) is 12.2 Å². The predicted octanol–water partition coefficient (Wildman–Crippen LogP) is 3.47. The van der Waals surface area contributed by atoms with E-state index >= 15 is 0 Å². The molecule has 0 unspecified atom stereocenters. The Morgan fingerprint density at radius 1 is 1.13 bits per heavy atom. The maximum absolute atomic E-state index is 12.2. The van der Waals surface area contributed by atoms with Gasteiger partial charge in [-0.3, -0.25) is 0 Å². The summed E-state index contributed by atoms with van der Waals surface area (Å²) in [5.41, 5.74) is 0.707. The van der Waals surface area contributed by atoms with Gasteiger partial charge < -0.3 is 20.1 Å². The van der Waals surface area contributed by atoms with Crippen LogP contribution in [0.25, 0.3) is 0 Å². The minimum absolute atomic E-state index is 0.0112. The van der Waals surface area contributed by atoms with E-state index < -0.39 is 0 Å². The summed E-state index contributed by atoms with van der Waals surface area (Å²) in [6.45, 7) is 0.698. The normalized spacial score (nSPS) is 17.1. The number of aliphatic hydroxyl groups is 1. The molecule has 1 saturated heterocycles. The molecule has 120 valence electrons. The van der Waals surface area contributed by atoms with Crippen LogP contribution in [0.3, 0.4) is 0 Å². The lowest BCUT2D eigenvalue weighted by Crippen LogP contribution is -2.40. The number of hydrogen-bond donors (Lipinski definition) is 2. The Morgan fingerprint density at radius 3 is 2.52 bits per heavy atom. The van der Waals surface area contributed by atoms with Crippen molar-refractivity contribution in [2.45, 2.75) is 18.9 Å². The smallest absolute Gasteiger partial charge is 0.322 e. The molecule has 0 aliphatic carbocycles. The highest BCUT2D eigenvalue weighted by molar-refractivity contribution is 5.89. The Hall–Kier alpha value is -2.53. The van der Waals surface area contributed by atoms with Crippen molar-refractivity contribution in [1.82, 2.24) is 4.90 Å². The van der Waals surface area contributed by atoms with E-state index in [2.05, 4.69) is 5.32 Å². The fourth-order valence-electron chi connectivity index (χ4n) is 2.72. The highest BCUT2D eigenvalue weighted by atomic mass is 16.5. The van der Waals surface area contributed by atoms with Crippen LogP contribution in [0.15, 0.2) is 54.6 Å². The van der Waals surface area contributed by atoms with Gasteiger partial charge >= 0.3 is 6.03 Å². The molecule has 1 fully saturated rings. The number of aliphatic hydroxyl groups excluding tert-OH is 1. The van der Waals surface area contributed by atoms with Crippen molar-refractivity contribution in [3.05, 3.63) is 54.6 Å². The van der Waals surface area contributed by atoms with E-state index in [1.807, 2.05) is 42.5 Å². The Kier molecular flexibility index (Phi) is 4.78. The first kappa shape index (κ1) is 15.4. The summed E-state index contributed by atoms with van der Waals surface area (Å²) >= 11 is 0. The van der Waals surface area contributed by atoms with Gasteiger partial charge in [-0.2, -0.15) is 0 Å². The van der Waals surface area contributed by atoms with Crippen LogP contribution in [0, 0.1) is 0 Å². The second-order valence-electron chi connectivity index (χ2n) is 5.54. The van der Waals surface area contributed by atoms with Gasteiger partial charge in [0.15, 0.2) is 0 Å². The zero-order valence-corrected chi connectivity index (χ0v) is 12.8. The third-order valence-corrected chi connectivity index (χ3v) is 3.93. The Balaban J connectivity index is 1.60. The second kappa shape index (κ2) is 7.15. The van der Waals surface area contributed by atoms with Gasteiger partial charge in [-0.15, -0.1) is 0 Å². The summed E-state index contributed by atoms with van der Waals surface area (Å²) < 4.78 is 5.72. The molecule has 1 aliphatic rings. The van der Waals surface area contributed by atoms with E-state index in [-0.39, 0.29) is 18.7 Å². The Morgan fingerprint density at radius 2 is 1.83 bits per heavy atom. The summed E-state index contributed by atoms with van der Waals surface area (Å²) in [4.78, 5) is 13.9. The Labute approximate surface area is 135 Å². The van der Waals surface area contributed by atoms with Gasteiger partial charge in [0.2, 0.25) is 0 Å². The number of rotatable bonds is 4. The van der Waals surface area contributed by atoms with Gasteiger partial charge in [0.1, 0.15) is 11.5 Å². The summed E-state index contributed by atoms with van der Waals surface area (Å²) in [5, 5.41) is 12.1. The molecule has 1 aliphatic heterocycles. The third-order valence-electron chi connectivity index (χ3n) is 3.93. The molecule has 2 aromatic carbocycles. The van der Waals surface area contributed by atoms with Crippen LogP contribution < -0.4 is 10.1 Å². The molecule has 5 nitrogen and oxygen atoms in total. The zero-order chi connectivity index (χ0) is 16.1. The van der Waals surface area contributed by atoms with Gasteiger partial charge in [0.25, 0.3) is 0 Å². The van der Waals surface area contributed by atoms with E-state index in [4.69, 9.17) is 4.74 Å². The number of nitrogens with one attached hydrogen (secondary N) is 1. The number of anilines is 1. The number of benzene rings is 2. The average Bonchev–Trinajstić information content (AvgIpc) is 3.06. The van der Waals surface area contributed by atoms with Crippen molar-refractivity contribution in [2.24, 2.45) is 0 Å². The first-order valence-electron chi connectivity index (χ1n) is 7.78. The molecule has 0 saturated carbocycles. The summed E-state index contributed by atoms with van der Waals surface area (Å²) in [6, 6.07) is 16.5. The topological polar surface area (TPSA) is 61.8 Å². The van der Waals surface area contributed by atoms with Crippen LogP contribution in [0.4, 0.5) is 10.5 Å². The van der Waals surface area contributed by atoms with E-state index in [0.29, 0.717) is 18.0 Å². The van der Waals surface area contributed by atoms with Crippen molar-refractivity contribution < 1.29 is 14.6 Å². The molecule has 2 aromatic rings. The maximum Gasteiger partial charge on any atom is 0.322 e. The number of nitrogens with zero attached hydrogens (tertiary/aromatic N) is 1. The van der Waals surface area contributed by atoms with E-state index in [1.54, 1.807) is 17.0 Å². The fourth-order valence-corrected chi connectivity index (χ4v) is 2.72. The van der Waals surface area contributed by atoms with Crippen LogP contribution in [-0.4, -0.2) is 35.2 Å². The molecule has 2 amide bonds. The number of amides is 2. The molecular weight excluding hydrogens is 292 g/mol. The molecule has 0 bridgehead atoms. The fraction of sp³-hybridized carbons (Fsp3) is 0.278. The van der Waals surface area contributed by atoms with Gasteiger partial charge in [-0.05, 0) is 49.2 Å². The number of para-hydroxylation sites is 1. The lowest BCUT2D eigenvalue weighted by Gasteiger charge is -2.23. The SMILES string of the molecule is O=C(Nc1ccc(Oc2ccccc2)cc1)N1CCC[C@@H]1CO. The first-order chi connectivity index (χ1) is 11.3. The van der Waals surface area contributed by atoms with E-state index in [1.165, 1.54) is 0 Å². The van der Waals surface area contributed by atoms with Crippen LogP contribution >= 0.6 is 0 Å². The third kappa shape index (κ3) is 3.81. The van der Waals surface area contributed by atoms with Crippen molar-refractivity contribution >= 4 is 11.7 Å². The highest BCUT2D eigenvalue weighted by Gasteiger charge is 2.27. The molecule has 1 heterocycles. The van der Waals surface area contributed by atoms with Gasteiger partial charge in [0.05, 0.1) is 12.6 Å². The number of hydrogen-bond acceptors (Lipinski definition) is 3. The van der Waals surface area contributed by atoms with Crippen molar-refractivity contribution in [2.75, 3.05) is 18.5 Å². The van der Waals surface area contributed by atoms with Crippen LogP contribution in [0.1, 0.15) is 12.8 Å². The Bertz CT molecular complexity index is 643. The molecule has 2 N–H and O–H groups in total. The molecule has 5 heteroatoms. The molecule has 23 heavy (non-hydrogen) atoms. The van der Waals surface area contributed by atoms with Crippen molar-refractivity contribution in [3.8, 4) is 11.5 Å². The molecule has 0 spiro atoms. The lowest BCUT2D eigenvalue weighted by molar-refractivity contribution is 0.166. The van der Waals surface area contributed by atoms with Crippen LogP contribution in [0.5, 0.6) is 11.5 Å². The molecule has 3 rings (SSSR count). The maximum atomic E-state index is 12.2. The molecular formula is C18H20N2O3. The number of carbonyl (C=O) groups excluding carboxylic acids is 1. The van der Waals surface area contributed by atoms with Crippen molar-refractivity contribution in [1.29, 1.82) is 0 Å². The zero-order valence-electron chi connectivity index (χ0n) is 12.8. The lowest BCUT2D eigenvalue weighted by atomic mass is 10.2. The number of urea groups is 1. The largest absolute Gasteiger partial charge is 0.457 e. The number of carbonyl (C=O) groups is 1. The van der Waals surface area contributed by atoms with Gasteiger partial charge in [-0.1, -0.05) is 18.2 Å². The standard InChI is InChI=1S/C18H20N2O3/c21-13-15-5-4-12-20(15)18(22)19-14-8-10-17(11-9-14)23-16-6-2-1-3-7-16/h1-3,6-11,15,21H,4-5,12-13H2,(H,19,22)/t15-/m1/s1. The monoisotopic (exact) mass is 312 g/mol. The predicted molar refractivity (Wildman–Crippen MR) is 88.8 cm³/mol. The summed E-state index contributed by atoms with van der Waals surface area (Å²) in [5.74, 6) is 1.48. The molecule has 0 aromatic heterocycles. The average molecular weight is 312 g/mol. The summed E-state index contributed by atoms with van der Waals surface area (Å²) in [6.07, 6.45) is 1.79. The highest BCUT2D eigenvalue weighted by Crippen LogP contribution is 2.23. The van der Waals surface area contributed by atoms with Crippen LogP contribution in [0.2, 0.25) is 0 Å². The minimum atomic E-state index is -0.168. The van der Waals surface area contributed by atoms with E-state index in [0.717, 1.165) is 18.6 Å². The van der Waals surface area contributed by atoms with Gasteiger partial charge in [-0.25, -0.2) is 4.79 Å². The van der Waals surface area contributed by atoms with Crippen molar-refractivity contribution in [3.63, 3.8) is 0 Å². The number of likely N-dealkylation sites (tertiary alicyclic amines) is 1. The van der Waals surface area contributed by atoms with E-state index in [9.17, 15) is 9.90 Å². The quantitative estimate of drug-likeness (QED) is 0.908. The molecule has 1 atom stereocenters. The van der Waals surface area contributed by atoms with Crippen LogP contribution in [-0.2, 0) is 0 Å². The minimum Gasteiger partial charge on any atom is -0.457 e. The number of ether oxygens (including phenoxy) is 1. The summed E-state index contributed by atoms with van der Waals surface area (Å²) in [7, 11) is 0.